The van der Waals surface area contributed by atoms with Crippen LogP contribution in [0, 0.1) is 5.92 Å². The monoisotopic (exact) mass is 570 g/mol. The van der Waals surface area contributed by atoms with Crippen molar-refractivity contribution in [3.8, 4) is 0 Å². The van der Waals surface area contributed by atoms with Crippen molar-refractivity contribution in [1.82, 2.24) is 0 Å². The highest BCUT2D eigenvalue weighted by Crippen LogP contribution is 2.30. The molecule has 1 nitrogen and oxygen atoms in total. The predicted octanol–water partition coefficient (Wildman–Crippen LogP) is 14.0. The maximum absolute atomic E-state index is 6.85. The molecule has 0 aliphatic heterocycles. The molecule has 1 unspecified atom stereocenters. The van der Waals surface area contributed by atoms with Crippen molar-refractivity contribution < 1.29 is 0 Å². The number of unbranched alkanes of at least 4 members (excludes halogenated alkanes) is 26. The Morgan fingerprint density at radius 3 is 0.951 bits per heavy atom. The Morgan fingerprint density at radius 2 is 0.659 bits per heavy atom. The standard InChI is InChI=1S/C40H75N/c1-3-5-7-9-11-13-15-17-19-21-23-25-27-30-34-38(40(41)39-36-32-29-33-37-39)35-31-28-26-24-22-20-18-16-14-12-10-8-6-4-2/h29,32-33,36-38,40H,3-28,30-31,34-35,41H2,1-2H3. The van der Waals surface area contributed by atoms with Gasteiger partial charge in [0.1, 0.15) is 0 Å². The van der Waals surface area contributed by atoms with Gasteiger partial charge in [0.2, 0.25) is 0 Å². The van der Waals surface area contributed by atoms with Crippen LogP contribution in [0.1, 0.15) is 218 Å². The number of benzene rings is 1. The van der Waals surface area contributed by atoms with Crippen LogP contribution in [0.3, 0.4) is 0 Å². The molecule has 0 aromatic heterocycles. The van der Waals surface area contributed by atoms with Gasteiger partial charge in [-0.05, 0) is 24.3 Å². The van der Waals surface area contributed by atoms with Crippen molar-refractivity contribution in [2.75, 3.05) is 0 Å². The van der Waals surface area contributed by atoms with Crippen LogP contribution in [0.2, 0.25) is 0 Å². The first-order valence-corrected chi connectivity index (χ1v) is 19.1. The molecular formula is C40H75N. The first-order valence-electron chi connectivity index (χ1n) is 19.1. The molecule has 41 heavy (non-hydrogen) atoms. The van der Waals surface area contributed by atoms with Crippen LogP contribution in [0.5, 0.6) is 0 Å². The van der Waals surface area contributed by atoms with E-state index in [9.17, 15) is 0 Å². The Hall–Kier alpha value is -0.820. The fraction of sp³-hybridized carbons (Fsp3) is 0.850. The van der Waals surface area contributed by atoms with Crippen LogP contribution in [0.4, 0.5) is 0 Å². The van der Waals surface area contributed by atoms with Gasteiger partial charge >= 0.3 is 0 Å². The van der Waals surface area contributed by atoms with E-state index in [1.807, 2.05) is 0 Å². The Morgan fingerprint density at radius 1 is 0.390 bits per heavy atom. The molecule has 240 valence electrons. The molecule has 0 aliphatic rings. The minimum absolute atomic E-state index is 0.208. The summed E-state index contributed by atoms with van der Waals surface area (Å²) >= 11 is 0. The smallest absolute Gasteiger partial charge is 0.0323 e. The summed E-state index contributed by atoms with van der Waals surface area (Å²) < 4.78 is 0. The lowest BCUT2D eigenvalue weighted by molar-refractivity contribution is 0.345. The molecular weight excluding hydrogens is 494 g/mol. The lowest BCUT2D eigenvalue weighted by Gasteiger charge is -2.24. The van der Waals surface area contributed by atoms with Crippen LogP contribution in [-0.4, -0.2) is 0 Å². The largest absolute Gasteiger partial charge is 0.324 e. The Balaban J connectivity index is 2.09. The molecule has 0 bridgehead atoms. The van der Waals surface area contributed by atoms with Crippen LogP contribution < -0.4 is 5.73 Å². The highest BCUT2D eigenvalue weighted by atomic mass is 14.6. The third kappa shape index (κ3) is 24.3. The van der Waals surface area contributed by atoms with Crippen LogP contribution in [0.15, 0.2) is 30.3 Å². The van der Waals surface area contributed by atoms with E-state index >= 15 is 0 Å². The Bertz CT molecular complexity index is 579. The van der Waals surface area contributed by atoms with Gasteiger partial charge in [0.15, 0.2) is 0 Å². The van der Waals surface area contributed by atoms with Gasteiger partial charge in [0.05, 0.1) is 0 Å². The van der Waals surface area contributed by atoms with E-state index in [-0.39, 0.29) is 6.04 Å². The van der Waals surface area contributed by atoms with E-state index in [4.69, 9.17) is 5.73 Å². The lowest BCUT2D eigenvalue weighted by Crippen LogP contribution is -2.21. The van der Waals surface area contributed by atoms with Gasteiger partial charge in [-0.3, -0.25) is 0 Å². The Kier molecular flexibility index (Phi) is 28.5. The normalized spacial score (nSPS) is 12.4. The average Bonchev–Trinajstić information content (AvgIpc) is 3.00. The second-order valence-corrected chi connectivity index (χ2v) is 13.5. The van der Waals surface area contributed by atoms with Crippen LogP contribution in [-0.2, 0) is 0 Å². The van der Waals surface area contributed by atoms with Crippen molar-refractivity contribution >= 4 is 0 Å². The molecule has 0 spiro atoms. The second-order valence-electron chi connectivity index (χ2n) is 13.5. The number of rotatable bonds is 32. The number of hydrogen-bond donors (Lipinski definition) is 1. The lowest BCUT2D eigenvalue weighted by atomic mass is 9.85. The van der Waals surface area contributed by atoms with Gasteiger partial charge in [-0.1, -0.05) is 224 Å². The molecule has 0 saturated carbocycles. The molecule has 0 amide bonds. The molecule has 1 atom stereocenters. The van der Waals surface area contributed by atoms with Crippen molar-refractivity contribution in [2.45, 2.75) is 213 Å². The molecule has 2 N–H and O–H groups in total. The second kappa shape index (κ2) is 30.6. The Labute approximate surface area is 259 Å². The molecule has 1 heteroatoms. The number of hydrogen-bond acceptors (Lipinski definition) is 1. The van der Waals surface area contributed by atoms with E-state index in [0.29, 0.717) is 5.92 Å². The molecule has 0 saturated heterocycles. The molecule has 0 aliphatic carbocycles. The van der Waals surface area contributed by atoms with Crippen molar-refractivity contribution in [3.63, 3.8) is 0 Å². The fourth-order valence-electron chi connectivity index (χ4n) is 6.65. The summed E-state index contributed by atoms with van der Waals surface area (Å²) in [6.07, 6.45) is 42.8. The van der Waals surface area contributed by atoms with E-state index in [1.165, 1.54) is 198 Å². The summed E-state index contributed by atoms with van der Waals surface area (Å²) in [6.45, 7) is 4.61. The topological polar surface area (TPSA) is 26.0 Å². The van der Waals surface area contributed by atoms with Crippen molar-refractivity contribution in [3.05, 3.63) is 35.9 Å². The molecule has 1 aromatic carbocycles. The number of nitrogens with two attached hydrogens (primary N) is 1. The highest BCUT2D eigenvalue weighted by Gasteiger charge is 2.18. The summed E-state index contributed by atoms with van der Waals surface area (Å²) in [6, 6.07) is 11.1. The van der Waals surface area contributed by atoms with E-state index in [2.05, 4.69) is 44.2 Å². The first-order chi connectivity index (χ1) is 20.3. The fourth-order valence-corrected chi connectivity index (χ4v) is 6.65. The van der Waals surface area contributed by atoms with Gasteiger partial charge in [-0.25, -0.2) is 0 Å². The molecule has 1 aromatic rings. The summed E-state index contributed by atoms with van der Waals surface area (Å²) in [5, 5.41) is 0. The molecule has 0 radical (unpaired) electrons. The third-order valence-corrected chi connectivity index (χ3v) is 9.55. The van der Waals surface area contributed by atoms with Crippen molar-refractivity contribution in [1.29, 1.82) is 0 Å². The average molecular weight is 570 g/mol. The van der Waals surface area contributed by atoms with Gasteiger partial charge in [0.25, 0.3) is 0 Å². The third-order valence-electron chi connectivity index (χ3n) is 9.55. The van der Waals surface area contributed by atoms with E-state index < -0.39 is 0 Å². The minimum atomic E-state index is 0.208. The SMILES string of the molecule is CCCCCCCCCCCCCCCCC(CCCCCCCCCCCCCCCC)C(N)c1ccccc1. The zero-order chi connectivity index (χ0) is 29.5. The molecule has 0 heterocycles. The van der Waals surface area contributed by atoms with E-state index in [1.54, 1.807) is 0 Å². The highest BCUT2D eigenvalue weighted by molar-refractivity contribution is 5.19. The zero-order valence-corrected chi connectivity index (χ0v) is 28.3. The van der Waals surface area contributed by atoms with Gasteiger partial charge in [-0.2, -0.15) is 0 Å². The van der Waals surface area contributed by atoms with Crippen molar-refractivity contribution in [2.24, 2.45) is 11.7 Å². The van der Waals surface area contributed by atoms with Crippen LogP contribution >= 0.6 is 0 Å². The van der Waals surface area contributed by atoms with Gasteiger partial charge in [0, 0.05) is 6.04 Å². The summed E-state index contributed by atoms with van der Waals surface area (Å²) in [5.41, 5.74) is 8.19. The minimum Gasteiger partial charge on any atom is -0.324 e. The summed E-state index contributed by atoms with van der Waals surface area (Å²) in [4.78, 5) is 0. The van der Waals surface area contributed by atoms with Gasteiger partial charge < -0.3 is 5.73 Å². The quantitative estimate of drug-likeness (QED) is 0.0858. The summed E-state index contributed by atoms with van der Waals surface area (Å²) in [7, 11) is 0. The molecule has 1 rings (SSSR count). The van der Waals surface area contributed by atoms with Gasteiger partial charge in [-0.15, -0.1) is 0 Å². The summed E-state index contributed by atoms with van der Waals surface area (Å²) in [5.74, 6) is 0.645. The van der Waals surface area contributed by atoms with Crippen LogP contribution in [0.25, 0.3) is 0 Å². The first kappa shape index (κ1) is 38.2. The predicted molar refractivity (Wildman–Crippen MR) is 187 cm³/mol. The maximum atomic E-state index is 6.85. The van der Waals surface area contributed by atoms with E-state index in [0.717, 1.165) is 0 Å². The maximum Gasteiger partial charge on any atom is 0.0323 e. The molecule has 0 fully saturated rings. The zero-order valence-electron chi connectivity index (χ0n) is 28.3.